The molecule has 0 radical (unpaired) electrons. The molecule has 0 unspecified atom stereocenters. The van der Waals surface area contributed by atoms with Crippen molar-refractivity contribution >= 4 is 6.03 Å². The Morgan fingerprint density at radius 3 is 2.91 bits per heavy atom. The molecule has 6 heteroatoms. The molecule has 0 bridgehead atoms. The minimum atomic E-state index is -0.0932. The highest BCUT2D eigenvalue weighted by molar-refractivity contribution is 5.74. The van der Waals surface area contributed by atoms with Gasteiger partial charge in [-0.05, 0) is 36.6 Å². The maximum absolute atomic E-state index is 11.9. The molecule has 2 heterocycles. The fourth-order valence-corrected chi connectivity index (χ4v) is 2.77. The van der Waals surface area contributed by atoms with E-state index in [0.29, 0.717) is 12.6 Å². The lowest BCUT2D eigenvalue weighted by Crippen LogP contribution is -2.42. The standard InChI is InChI=1S/C16H21N5O/c22-16(20-14-5-2-1-3-6-14)18-12-13-7-9-17-15(11-13)21-10-4-8-19-21/h4,7-11,14H,1-3,5-6,12H2,(H2,18,20,22). The smallest absolute Gasteiger partial charge is 0.315 e. The summed E-state index contributed by atoms with van der Waals surface area (Å²) in [6.45, 7) is 0.481. The first kappa shape index (κ1) is 14.6. The number of aromatic nitrogens is 3. The Bertz CT molecular complexity index is 605. The van der Waals surface area contributed by atoms with E-state index in [9.17, 15) is 4.79 Å². The van der Waals surface area contributed by atoms with Gasteiger partial charge in [0.25, 0.3) is 0 Å². The zero-order chi connectivity index (χ0) is 15.2. The molecule has 0 spiro atoms. The van der Waals surface area contributed by atoms with Gasteiger partial charge in [-0.2, -0.15) is 5.10 Å². The lowest BCUT2D eigenvalue weighted by Gasteiger charge is -2.22. The van der Waals surface area contributed by atoms with E-state index >= 15 is 0 Å². The minimum Gasteiger partial charge on any atom is -0.335 e. The number of carbonyl (C=O) groups is 1. The Kier molecular flexibility index (Phi) is 4.68. The van der Waals surface area contributed by atoms with E-state index in [2.05, 4.69) is 20.7 Å². The number of hydrogen-bond donors (Lipinski definition) is 2. The normalized spacial score (nSPS) is 15.5. The first-order chi connectivity index (χ1) is 10.8. The van der Waals surface area contributed by atoms with Crippen LogP contribution in [0.3, 0.4) is 0 Å². The summed E-state index contributed by atoms with van der Waals surface area (Å²) in [5, 5.41) is 10.1. The number of carbonyl (C=O) groups excluding carboxylic acids is 1. The lowest BCUT2D eigenvalue weighted by atomic mass is 9.96. The van der Waals surface area contributed by atoms with Crippen molar-refractivity contribution < 1.29 is 4.79 Å². The van der Waals surface area contributed by atoms with Gasteiger partial charge in [-0.1, -0.05) is 19.3 Å². The molecule has 1 fully saturated rings. The van der Waals surface area contributed by atoms with Crippen molar-refractivity contribution in [2.45, 2.75) is 44.7 Å². The molecule has 0 atom stereocenters. The highest BCUT2D eigenvalue weighted by atomic mass is 16.2. The molecule has 1 saturated carbocycles. The van der Waals surface area contributed by atoms with Crippen LogP contribution < -0.4 is 10.6 Å². The van der Waals surface area contributed by atoms with Gasteiger partial charge < -0.3 is 10.6 Å². The third-order valence-corrected chi connectivity index (χ3v) is 3.94. The molecule has 2 aromatic heterocycles. The molecule has 0 aromatic carbocycles. The van der Waals surface area contributed by atoms with Crippen molar-refractivity contribution in [1.82, 2.24) is 25.4 Å². The zero-order valence-corrected chi connectivity index (χ0v) is 12.5. The molecule has 2 aromatic rings. The molecule has 1 aliphatic rings. The fourth-order valence-electron chi connectivity index (χ4n) is 2.77. The number of nitrogens with one attached hydrogen (secondary N) is 2. The van der Waals surface area contributed by atoms with Crippen LogP contribution >= 0.6 is 0 Å². The number of nitrogens with zero attached hydrogens (tertiary/aromatic N) is 3. The predicted octanol–water partition coefficient (Wildman–Crippen LogP) is 2.40. The summed E-state index contributed by atoms with van der Waals surface area (Å²) in [6.07, 6.45) is 11.2. The lowest BCUT2D eigenvalue weighted by molar-refractivity contribution is 0.232. The van der Waals surface area contributed by atoms with Crippen molar-refractivity contribution in [3.8, 4) is 5.82 Å². The summed E-state index contributed by atoms with van der Waals surface area (Å²) in [7, 11) is 0. The van der Waals surface area contributed by atoms with Gasteiger partial charge in [0.2, 0.25) is 0 Å². The van der Waals surface area contributed by atoms with E-state index in [1.165, 1.54) is 19.3 Å². The molecule has 22 heavy (non-hydrogen) atoms. The molecule has 6 nitrogen and oxygen atoms in total. The van der Waals surface area contributed by atoms with Crippen LogP contribution in [0.2, 0.25) is 0 Å². The summed E-state index contributed by atoms with van der Waals surface area (Å²) >= 11 is 0. The van der Waals surface area contributed by atoms with Crippen molar-refractivity contribution in [3.05, 3.63) is 42.4 Å². The molecular weight excluding hydrogens is 278 g/mol. The summed E-state index contributed by atoms with van der Waals surface area (Å²) in [5.74, 6) is 0.747. The molecule has 1 aliphatic carbocycles. The van der Waals surface area contributed by atoms with Crippen molar-refractivity contribution in [3.63, 3.8) is 0 Å². The van der Waals surface area contributed by atoms with Gasteiger partial charge in [0.1, 0.15) is 0 Å². The van der Waals surface area contributed by atoms with E-state index in [1.807, 2.05) is 24.4 Å². The minimum absolute atomic E-state index is 0.0932. The van der Waals surface area contributed by atoms with E-state index in [0.717, 1.165) is 24.2 Å². The van der Waals surface area contributed by atoms with E-state index < -0.39 is 0 Å². The Morgan fingerprint density at radius 2 is 2.14 bits per heavy atom. The maximum atomic E-state index is 11.9. The molecule has 0 aliphatic heterocycles. The van der Waals surface area contributed by atoms with E-state index in [4.69, 9.17) is 0 Å². The summed E-state index contributed by atoms with van der Waals surface area (Å²) in [4.78, 5) is 16.2. The average Bonchev–Trinajstić information content (AvgIpc) is 3.09. The Hall–Kier alpha value is -2.37. The van der Waals surface area contributed by atoms with Gasteiger partial charge in [-0.3, -0.25) is 0 Å². The molecule has 2 amide bonds. The second-order valence-corrected chi connectivity index (χ2v) is 5.63. The first-order valence-corrected chi connectivity index (χ1v) is 7.80. The second kappa shape index (κ2) is 7.06. The van der Waals surface area contributed by atoms with Gasteiger partial charge >= 0.3 is 6.03 Å². The SMILES string of the molecule is O=C(NCc1ccnc(-n2cccn2)c1)NC1CCCCC1. The van der Waals surface area contributed by atoms with Crippen LogP contribution in [0.1, 0.15) is 37.7 Å². The van der Waals surface area contributed by atoms with Crippen LogP contribution in [0.4, 0.5) is 4.79 Å². The van der Waals surface area contributed by atoms with Crippen LogP contribution in [0.5, 0.6) is 0 Å². The van der Waals surface area contributed by atoms with Gasteiger partial charge in [0.05, 0.1) is 0 Å². The molecule has 0 saturated heterocycles. The number of urea groups is 1. The Balaban J connectivity index is 1.52. The molecule has 116 valence electrons. The first-order valence-electron chi connectivity index (χ1n) is 7.80. The van der Waals surface area contributed by atoms with Gasteiger partial charge in [0.15, 0.2) is 5.82 Å². The maximum Gasteiger partial charge on any atom is 0.315 e. The van der Waals surface area contributed by atoms with E-state index in [1.54, 1.807) is 17.1 Å². The average molecular weight is 299 g/mol. The number of pyridine rings is 1. The summed E-state index contributed by atoms with van der Waals surface area (Å²) in [5.41, 5.74) is 0.999. The number of amides is 2. The number of hydrogen-bond acceptors (Lipinski definition) is 3. The second-order valence-electron chi connectivity index (χ2n) is 5.63. The zero-order valence-electron chi connectivity index (χ0n) is 12.5. The third-order valence-electron chi connectivity index (χ3n) is 3.94. The van der Waals surface area contributed by atoms with Crippen LogP contribution in [-0.2, 0) is 6.54 Å². The number of rotatable bonds is 4. The third kappa shape index (κ3) is 3.84. The van der Waals surface area contributed by atoms with Gasteiger partial charge in [0, 0.05) is 31.2 Å². The van der Waals surface area contributed by atoms with Gasteiger partial charge in [-0.25, -0.2) is 14.5 Å². The fraction of sp³-hybridized carbons (Fsp3) is 0.438. The van der Waals surface area contributed by atoms with Crippen molar-refractivity contribution in [1.29, 1.82) is 0 Å². The molecule has 2 N–H and O–H groups in total. The highest BCUT2D eigenvalue weighted by Gasteiger charge is 2.15. The van der Waals surface area contributed by atoms with Crippen molar-refractivity contribution in [2.75, 3.05) is 0 Å². The summed E-state index contributed by atoms with van der Waals surface area (Å²) in [6, 6.07) is 5.90. The Morgan fingerprint density at radius 1 is 1.27 bits per heavy atom. The quantitative estimate of drug-likeness (QED) is 0.910. The Labute approximate surface area is 129 Å². The van der Waals surface area contributed by atoms with Crippen LogP contribution in [-0.4, -0.2) is 26.8 Å². The molecule has 3 rings (SSSR count). The van der Waals surface area contributed by atoms with Crippen molar-refractivity contribution in [2.24, 2.45) is 0 Å². The largest absolute Gasteiger partial charge is 0.335 e. The van der Waals surface area contributed by atoms with Gasteiger partial charge in [-0.15, -0.1) is 0 Å². The van der Waals surface area contributed by atoms with E-state index in [-0.39, 0.29) is 6.03 Å². The van der Waals surface area contributed by atoms with Crippen LogP contribution in [0.15, 0.2) is 36.8 Å². The highest BCUT2D eigenvalue weighted by Crippen LogP contribution is 2.17. The monoisotopic (exact) mass is 299 g/mol. The van der Waals surface area contributed by atoms with Crippen LogP contribution in [0, 0.1) is 0 Å². The topological polar surface area (TPSA) is 71.8 Å². The van der Waals surface area contributed by atoms with Crippen LogP contribution in [0.25, 0.3) is 5.82 Å². The molecular formula is C16H21N5O. The predicted molar refractivity (Wildman–Crippen MR) is 83.6 cm³/mol. The summed E-state index contributed by atoms with van der Waals surface area (Å²) < 4.78 is 1.70.